The molecule has 2 aromatic carbocycles. The van der Waals surface area contributed by atoms with Gasteiger partial charge in [0.2, 0.25) is 15.9 Å². The number of halogens is 2. The fourth-order valence-corrected chi connectivity index (χ4v) is 4.91. The van der Waals surface area contributed by atoms with Crippen LogP contribution in [-0.2, 0) is 21.2 Å². The van der Waals surface area contributed by atoms with Crippen molar-refractivity contribution < 1.29 is 22.0 Å². The molecule has 0 unspecified atom stereocenters. The van der Waals surface area contributed by atoms with Crippen molar-refractivity contribution in [3.8, 4) is 0 Å². The summed E-state index contributed by atoms with van der Waals surface area (Å²) in [6.45, 7) is 1.01. The number of nitrogens with one attached hydrogen (secondary N) is 1. The van der Waals surface area contributed by atoms with E-state index in [1.54, 1.807) is 12.1 Å². The number of benzene rings is 2. The molecular formula is C21H24F2N2O3S. The molecule has 1 aliphatic rings. The van der Waals surface area contributed by atoms with Gasteiger partial charge in [0.05, 0.1) is 4.90 Å². The zero-order valence-corrected chi connectivity index (χ0v) is 16.9. The van der Waals surface area contributed by atoms with Crippen LogP contribution in [0.1, 0.15) is 37.7 Å². The van der Waals surface area contributed by atoms with Crippen molar-refractivity contribution in [2.45, 2.75) is 43.4 Å². The van der Waals surface area contributed by atoms with Gasteiger partial charge in [0.1, 0.15) is 0 Å². The molecule has 5 nitrogen and oxygen atoms in total. The summed E-state index contributed by atoms with van der Waals surface area (Å²) >= 11 is 0. The molecule has 3 rings (SSSR count). The van der Waals surface area contributed by atoms with E-state index in [4.69, 9.17) is 0 Å². The van der Waals surface area contributed by atoms with E-state index in [2.05, 4.69) is 5.32 Å². The smallest absolute Gasteiger partial charge is 0.243 e. The predicted octanol–water partition coefficient (Wildman–Crippen LogP) is 4.10. The van der Waals surface area contributed by atoms with Crippen LogP contribution in [0, 0.1) is 11.6 Å². The van der Waals surface area contributed by atoms with Gasteiger partial charge in [0, 0.05) is 25.2 Å². The Kier molecular flexibility index (Phi) is 6.97. The highest BCUT2D eigenvalue weighted by atomic mass is 32.2. The number of carbonyl (C=O) groups excluding carboxylic acids is 1. The molecule has 1 fully saturated rings. The average molecular weight is 422 g/mol. The van der Waals surface area contributed by atoms with Gasteiger partial charge in [-0.05, 0) is 55.2 Å². The molecule has 0 atom stereocenters. The third-order valence-electron chi connectivity index (χ3n) is 4.95. The fraction of sp³-hybridized carbons (Fsp3) is 0.381. The molecular weight excluding hydrogens is 398 g/mol. The van der Waals surface area contributed by atoms with Gasteiger partial charge in [0.25, 0.3) is 0 Å². The highest BCUT2D eigenvalue weighted by Gasteiger charge is 2.25. The summed E-state index contributed by atoms with van der Waals surface area (Å²) in [5.74, 6) is -2.21. The van der Waals surface area contributed by atoms with Crippen molar-refractivity contribution in [3.05, 3.63) is 59.7 Å². The van der Waals surface area contributed by atoms with E-state index in [1.807, 2.05) is 0 Å². The lowest BCUT2D eigenvalue weighted by molar-refractivity contribution is -0.116. The molecule has 2 aromatic rings. The minimum atomic E-state index is -3.60. The number of carbonyl (C=O) groups is 1. The van der Waals surface area contributed by atoms with Gasteiger partial charge in [-0.15, -0.1) is 0 Å². The van der Waals surface area contributed by atoms with Gasteiger partial charge in [-0.1, -0.05) is 25.0 Å². The molecule has 0 bridgehead atoms. The van der Waals surface area contributed by atoms with E-state index in [-0.39, 0.29) is 23.6 Å². The Balaban J connectivity index is 1.64. The minimum Gasteiger partial charge on any atom is -0.326 e. The maximum atomic E-state index is 13.2. The van der Waals surface area contributed by atoms with Crippen LogP contribution in [0.4, 0.5) is 14.5 Å². The first-order valence-electron chi connectivity index (χ1n) is 9.70. The van der Waals surface area contributed by atoms with Crippen LogP contribution in [0.3, 0.4) is 0 Å². The standard InChI is InChI=1S/C21H24F2N2O3S/c22-19-10-8-16(14-20(19)23)9-11-21(26)24-17-6-5-7-18(15-17)29(27,28)25-12-3-1-2-4-13-25/h5-8,10,14-15H,1-4,9,11-13H2,(H,24,26). The second-order valence-corrected chi connectivity index (χ2v) is 9.08. The molecule has 8 heteroatoms. The maximum Gasteiger partial charge on any atom is 0.243 e. The molecule has 0 aliphatic carbocycles. The summed E-state index contributed by atoms with van der Waals surface area (Å²) in [6.07, 6.45) is 4.06. The quantitative estimate of drug-likeness (QED) is 0.762. The molecule has 1 amide bonds. The summed E-state index contributed by atoms with van der Waals surface area (Å²) in [5, 5.41) is 2.68. The van der Waals surface area contributed by atoms with Crippen LogP contribution in [0.25, 0.3) is 0 Å². The number of rotatable bonds is 6. The van der Waals surface area contributed by atoms with E-state index < -0.39 is 21.7 Å². The summed E-state index contributed by atoms with van der Waals surface area (Å²) in [5.41, 5.74) is 0.896. The van der Waals surface area contributed by atoms with E-state index >= 15 is 0 Å². The molecule has 29 heavy (non-hydrogen) atoms. The molecule has 0 spiro atoms. The van der Waals surface area contributed by atoms with E-state index in [9.17, 15) is 22.0 Å². The lowest BCUT2D eigenvalue weighted by Crippen LogP contribution is -2.32. The van der Waals surface area contributed by atoms with E-state index in [1.165, 1.54) is 22.5 Å². The van der Waals surface area contributed by atoms with Gasteiger partial charge in [-0.3, -0.25) is 4.79 Å². The molecule has 1 aliphatic heterocycles. The molecule has 1 saturated heterocycles. The molecule has 1 heterocycles. The summed E-state index contributed by atoms with van der Waals surface area (Å²) in [6, 6.07) is 9.72. The number of hydrogen-bond donors (Lipinski definition) is 1. The highest BCUT2D eigenvalue weighted by molar-refractivity contribution is 7.89. The Morgan fingerprint density at radius 3 is 2.38 bits per heavy atom. The number of amides is 1. The first-order chi connectivity index (χ1) is 13.9. The monoisotopic (exact) mass is 422 g/mol. The molecule has 1 N–H and O–H groups in total. The highest BCUT2D eigenvalue weighted by Crippen LogP contribution is 2.23. The largest absolute Gasteiger partial charge is 0.326 e. The Bertz CT molecular complexity index is 972. The summed E-state index contributed by atoms with van der Waals surface area (Å²) in [7, 11) is -3.60. The normalized spacial score (nSPS) is 15.7. The topological polar surface area (TPSA) is 66.5 Å². The zero-order chi connectivity index (χ0) is 20.9. The van der Waals surface area contributed by atoms with Gasteiger partial charge >= 0.3 is 0 Å². The van der Waals surface area contributed by atoms with Crippen LogP contribution in [0.2, 0.25) is 0 Å². The zero-order valence-electron chi connectivity index (χ0n) is 16.0. The van der Waals surface area contributed by atoms with Gasteiger partial charge < -0.3 is 5.32 Å². The lowest BCUT2D eigenvalue weighted by Gasteiger charge is -2.20. The molecule has 0 radical (unpaired) electrons. The SMILES string of the molecule is O=C(CCc1ccc(F)c(F)c1)Nc1cccc(S(=O)(=O)N2CCCCCC2)c1. The van der Waals surface area contributed by atoms with Crippen molar-refractivity contribution in [1.82, 2.24) is 4.31 Å². The molecule has 156 valence electrons. The third kappa shape index (κ3) is 5.61. The number of sulfonamides is 1. The summed E-state index contributed by atoms with van der Waals surface area (Å²) in [4.78, 5) is 12.4. The van der Waals surface area contributed by atoms with Crippen LogP contribution in [0.5, 0.6) is 0 Å². The third-order valence-corrected chi connectivity index (χ3v) is 6.84. The number of aryl methyl sites for hydroxylation is 1. The number of hydrogen-bond acceptors (Lipinski definition) is 3. The number of anilines is 1. The first kappa shape index (κ1) is 21.4. The van der Waals surface area contributed by atoms with Gasteiger partial charge in [-0.2, -0.15) is 4.31 Å². The number of nitrogens with zero attached hydrogens (tertiary/aromatic N) is 1. The first-order valence-corrected chi connectivity index (χ1v) is 11.1. The van der Waals surface area contributed by atoms with E-state index in [0.717, 1.165) is 37.8 Å². The van der Waals surface area contributed by atoms with Crippen molar-refractivity contribution in [3.63, 3.8) is 0 Å². The van der Waals surface area contributed by atoms with Gasteiger partial charge in [0.15, 0.2) is 11.6 Å². The van der Waals surface area contributed by atoms with Gasteiger partial charge in [-0.25, -0.2) is 17.2 Å². The Morgan fingerprint density at radius 1 is 0.966 bits per heavy atom. The fourth-order valence-electron chi connectivity index (χ4n) is 3.34. The van der Waals surface area contributed by atoms with Crippen LogP contribution in [0.15, 0.2) is 47.4 Å². The maximum absolute atomic E-state index is 13.2. The predicted molar refractivity (Wildman–Crippen MR) is 107 cm³/mol. The average Bonchev–Trinajstić information content (AvgIpc) is 2.99. The van der Waals surface area contributed by atoms with Crippen LogP contribution >= 0.6 is 0 Å². The van der Waals surface area contributed by atoms with Crippen molar-refractivity contribution in [1.29, 1.82) is 0 Å². The van der Waals surface area contributed by atoms with Crippen molar-refractivity contribution >= 4 is 21.6 Å². The van der Waals surface area contributed by atoms with Crippen molar-refractivity contribution in [2.24, 2.45) is 0 Å². The Labute approximate surface area is 169 Å². The lowest BCUT2D eigenvalue weighted by atomic mass is 10.1. The van der Waals surface area contributed by atoms with Crippen LogP contribution < -0.4 is 5.32 Å². The van der Waals surface area contributed by atoms with Crippen molar-refractivity contribution in [2.75, 3.05) is 18.4 Å². The minimum absolute atomic E-state index is 0.0637. The van der Waals surface area contributed by atoms with Crippen LogP contribution in [-0.4, -0.2) is 31.7 Å². The second kappa shape index (κ2) is 9.45. The molecule has 0 aromatic heterocycles. The Hall–Kier alpha value is -2.32. The second-order valence-electron chi connectivity index (χ2n) is 7.14. The Morgan fingerprint density at radius 2 is 1.69 bits per heavy atom. The summed E-state index contributed by atoms with van der Waals surface area (Å²) < 4.78 is 53.5. The van der Waals surface area contributed by atoms with E-state index in [0.29, 0.717) is 24.3 Å². The molecule has 0 saturated carbocycles.